The van der Waals surface area contributed by atoms with E-state index in [1.165, 1.54) is 24.2 Å². The summed E-state index contributed by atoms with van der Waals surface area (Å²) in [5.41, 5.74) is 1.00. The van der Waals surface area contributed by atoms with Gasteiger partial charge in [-0.3, -0.25) is 9.69 Å². The average molecular weight is 382 g/mol. The lowest BCUT2D eigenvalue weighted by Crippen LogP contribution is -2.54. The van der Waals surface area contributed by atoms with Gasteiger partial charge in [-0.05, 0) is 55.9 Å². The maximum atomic E-state index is 12.6. The molecule has 0 aromatic heterocycles. The Morgan fingerprint density at radius 1 is 1.38 bits per heavy atom. The molecule has 1 aromatic carbocycles. The molecule has 1 spiro atoms. The number of hydrogen-bond acceptors (Lipinski definition) is 5. The lowest BCUT2D eigenvalue weighted by molar-refractivity contribution is -0.116. The van der Waals surface area contributed by atoms with Gasteiger partial charge < -0.3 is 4.74 Å². The van der Waals surface area contributed by atoms with Crippen molar-refractivity contribution in [2.24, 2.45) is 0 Å². The summed E-state index contributed by atoms with van der Waals surface area (Å²) < 4.78 is 6.10. The highest BCUT2D eigenvalue weighted by molar-refractivity contribution is 8.23. The molecule has 0 saturated heterocycles. The number of nitrogens with zero attached hydrogens (tertiary/aromatic N) is 1. The number of fused-ring (bicyclic) bond motifs is 1. The smallest absolute Gasteiger partial charge is 0.224 e. The number of para-hydroxylation sites is 1. The van der Waals surface area contributed by atoms with Gasteiger partial charge >= 0.3 is 0 Å². The summed E-state index contributed by atoms with van der Waals surface area (Å²) in [5.74, 6) is 0.0736. The van der Waals surface area contributed by atoms with Gasteiger partial charge in [0.15, 0.2) is 0 Å². The van der Waals surface area contributed by atoms with E-state index in [2.05, 4.69) is 12.1 Å². The van der Waals surface area contributed by atoms with E-state index in [0.717, 1.165) is 18.5 Å². The minimum absolute atomic E-state index is 0.00532. The summed E-state index contributed by atoms with van der Waals surface area (Å²) in [5, 5.41) is -0.00532. The molecule has 3 rings (SSSR count). The number of amides is 1. The molecule has 1 aliphatic carbocycles. The first kappa shape index (κ1) is 18.1. The third kappa shape index (κ3) is 3.46. The van der Waals surface area contributed by atoms with E-state index in [0.29, 0.717) is 11.0 Å². The van der Waals surface area contributed by atoms with Crippen molar-refractivity contribution in [3.8, 4) is 0 Å². The summed E-state index contributed by atoms with van der Waals surface area (Å²) in [6.07, 6.45) is 5.92. The van der Waals surface area contributed by atoms with Gasteiger partial charge in [-0.25, -0.2) is 0 Å². The maximum Gasteiger partial charge on any atom is 0.224 e. The minimum atomic E-state index is -0.00532. The van der Waals surface area contributed by atoms with Crippen molar-refractivity contribution in [2.75, 3.05) is 11.5 Å². The number of benzene rings is 1. The Morgan fingerprint density at radius 2 is 2.08 bits per heavy atom. The van der Waals surface area contributed by atoms with Crippen LogP contribution < -0.4 is 4.90 Å². The number of thioether (sulfide) groups is 2. The van der Waals surface area contributed by atoms with E-state index in [1.54, 1.807) is 18.7 Å². The zero-order valence-corrected chi connectivity index (χ0v) is 16.6. The SMILES string of the molecule is CCOC(=S)SC1N(C(C)=O)c2ccccc2SC12CCCCC2. The quantitative estimate of drug-likeness (QED) is 0.655. The molecule has 1 saturated carbocycles. The van der Waals surface area contributed by atoms with Crippen molar-refractivity contribution in [1.29, 1.82) is 0 Å². The second kappa shape index (κ2) is 7.67. The van der Waals surface area contributed by atoms with E-state index in [1.807, 2.05) is 35.7 Å². The first-order valence-corrected chi connectivity index (χ1v) is 10.6. The Labute approximate surface area is 157 Å². The molecule has 130 valence electrons. The first-order chi connectivity index (χ1) is 11.6. The van der Waals surface area contributed by atoms with Crippen molar-refractivity contribution < 1.29 is 9.53 Å². The molecule has 0 bridgehead atoms. The van der Waals surface area contributed by atoms with E-state index < -0.39 is 0 Å². The lowest BCUT2D eigenvalue weighted by Gasteiger charge is -2.50. The molecule has 2 aliphatic rings. The van der Waals surface area contributed by atoms with Crippen LogP contribution in [0.4, 0.5) is 5.69 Å². The van der Waals surface area contributed by atoms with Gasteiger partial charge in [-0.2, -0.15) is 0 Å². The van der Waals surface area contributed by atoms with Crippen LogP contribution in [0.3, 0.4) is 0 Å². The van der Waals surface area contributed by atoms with Crippen LogP contribution in [-0.4, -0.2) is 27.0 Å². The highest BCUT2D eigenvalue weighted by Gasteiger charge is 2.50. The molecule has 1 amide bonds. The summed E-state index contributed by atoms with van der Waals surface area (Å²) in [6.45, 7) is 4.16. The Bertz CT molecular complexity index is 628. The van der Waals surface area contributed by atoms with Gasteiger partial charge in [-0.15, -0.1) is 11.8 Å². The van der Waals surface area contributed by atoms with Crippen molar-refractivity contribution in [2.45, 2.75) is 61.0 Å². The molecule has 1 unspecified atom stereocenters. The molecule has 1 aliphatic heterocycles. The van der Waals surface area contributed by atoms with Crippen LogP contribution in [0.25, 0.3) is 0 Å². The third-order valence-corrected chi connectivity index (χ3v) is 7.99. The fraction of sp³-hybridized carbons (Fsp3) is 0.556. The molecule has 6 heteroatoms. The number of carbonyl (C=O) groups excluding carboxylic acids is 1. The number of carbonyl (C=O) groups is 1. The molecular formula is C18H23NO2S3. The van der Waals surface area contributed by atoms with Crippen molar-refractivity contribution in [3.05, 3.63) is 24.3 Å². The third-order valence-electron chi connectivity index (χ3n) is 4.63. The van der Waals surface area contributed by atoms with Crippen molar-refractivity contribution in [1.82, 2.24) is 0 Å². The first-order valence-electron chi connectivity index (χ1n) is 8.48. The number of thiocarbonyl (C=S) groups is 1. The van der Waals surface area contributed by atoms with E-state index in [-0.39, 0.29) is 16.0 Å². The fourth-order valence-electron chi connectivity index (χ4n) is 3.61. The molecule has 24 heavy (non-hydrogen) atoms. The summed E-state index contributed by atoms with van der Waals surface area (Å²) in [7, 11) is 0. The monoisotopic (exact) mass is 381 g/mol. The second-order valence-electron chi connectivity index (χ2n) is 6.24. The molecule has 0 radical (unpaired) electrons. The number of anilines is 1. The summed E-state index contributed by atoms with van der Waals surface area (Å²) in [6, 6.07) is 8.22. The second-order valence-corrected chi connectivity index (χ2v) is 9.38. The Balaban J connectivity index is 2.03. The highest BCUT2D eigenvalue weighted by Crippen LogP contribution is 2.57. The molecule has 3 nitrogen and oxygen atoms in total. The molecule has 1 fully saturated rings. The summed E-state index contributed by atoms with van der Waals surface area (Å²) >= 11 is 8.90. The maximum absolute atomic E-state index is 12.6. The number of hydrogen-bond donors (Lipinski definition) is 0. The van der Waals surface area contributed by atoms with Gasteiger partial charge in [-0.1, -0.05) is 31.4 Å². The van der Waals surface area contributed by atoms with E-state index in [9.17, 15) is 4.79 Å². The summed E-state index contributed by atoms with van der Waals surface area (Å²) in [4.78, 5) is 15.7. The van der Waals surface area contributed by atoms with E-state index in [4.69, 9.17) is 17.0 Å². The van der Waals surface area contributed by atoms with Gasteiger partial charge in [0.2, 0.25) is 10.3 Å². The van der Waals surface area contributed by atoms with Crippen LogP contribution in [0, 0.1) is 0 Å². The highest BCUT2D eigenvalue weighted by atomic mass is 32.2. The Hall–Kier alpha value is -0.720. The molecule has 1 aromatic rings. The van der Waals surface area contributed by atoms with Crippen LogP contribution in [0.15, 0.2) is 29.2 Å². The molecule has 0 N–H and O–H groups in total. The normalized spacial score (nSPS) is 22.1. The predicted octanol–water partition coefficient (Wildman–Crippen LogP) is 5.23. The van der Waals surface area contributed by atoms with Gasteiger partial charge in [0.25, 0.3) is 0 Å². The minimum Gasteiger partial charge on any atom is -0.479 e. The number of ether oxygens (including phenoxy) is 1. The van der Waals surface area contributed by atoms with Gasteiger partial charge in [0, 0.05) is 11.8 Å². The number of rotatable bonds is 2. The van der Waals surface area contributed by atoms with Crippen molar-refractivity contribution in [3.63, 3.8) is 0 Å². The Morgan fingerprint density at radius 3 is 2.75 bits per heavy atom. The topological polar surface area (TPSA) is 29.5 Å². The molecule has 1 heterocycles. The van der Waals surface area contributed by atoms with Crippen LogP contribution in [0.5, 0.6) is 0 Å². The lowest BCUT2D eigenvalue weighted by atomic mass is 9.87. The zero-order valence-electron chi connectivity index (χ0n) is 14.1. The average Bonchev–Trinajstić information content (AvgIpc) is 2.56. The van der Waals surface area contributed by atoms with Gasteiger partial charge in [0.1, 0.15) is 5.37 Å². The van der Waals surface area contributed by atoms with Crippen LogP contribution in [-0.2, 0) is 9.53 Å². The van der Waals surface area contributed by atoms with E-state index >= 15 is 0 Å². The Kier molecular flexibility index (Phi) is 5.78. The molecule has 1 atom stereocenters. The van der Waals surface area contributed by atoms with Crippen LogP contribution >= 0.6 is 35.7 Å². The molecular weight excluding hydrogens is 358 g/mol. The standard InChI is InChI=1S/C18H23NO2S3/c1-3-21-17(22)23-16-18(11-7-4-8-12-18)24-15-10-6-5-9-14(15)19(16)13(2)20/h5-6,9-10,16H,3-4,7-8,11-12H2,1-2H3. The largest absolute Gasteiger partial charge is 0.479 e. The van der Waals surface area contributed by atoms with Crippen LogP contribution in [0.2, 0.25) is 0 Å². The predicted molar refractivity (Wildman–Crippen MR) is 107 cm³/mol. The zero-order chi connectivity index (χ0) is 17.2. The van der Waals surface area contributed by atoms with Crippen molar-refractivity contribution >= 4 is 51.7 Å². The fourth-order valence-corrected chi connectivity index (χ4v) is 7.03. The van der Waals surface area contributed by atoms with Crippen LogP contribution in [0.1, 0.15) is 46.0 Å². The van der Waals surface area contributed by atoms with Gasteiger partial charge in [0.05, 0.1) is 17.0 Å².